The number of hydroxylamine groups is 1. The normalized spacial score (nSPS) is 12.2. The lowest BCUT2D eigenvalue weighted by atomic mass is 10.0. The second-order valence-electron chi connectivity index (χ2n) is 3.45. The van der Waals surface area contributed by atoms with Crippen molar-refractivity contribution in [1.82, 2.24) is 0 Å². The molecule has 0 heterocycles. The summed E-state index contributed by atoms with van der Waals surface area (Å²) in [6.45, 7) is 0. The molecule has 2 aromatic carbocycles. The molecule has 4 heteroatoms. The fraction of sp³-hybridized carbons (Fsp3) is 0.0769. The number of fused-ring (bicyclic) bond motifs is 1. The summed E-state index contributed by atoms with van der Waals surface area (Å²) in [6.07, 6.45) is 3.02. The van der Waals surface area contributed by atoms with Crippen LogP contribution in [0.2, 0.25) is 0 Å². The summed E-state index contributed by atoms with van der Waals surface area (Å²) in [5.74, 6) is 0. The van der Waals surface area contributed by atoms with Gasteiger partial charge in [0.2, 0.25) is 11.5 Å². The Morgan fingerprint density at radius 2 is 1.94 bits per heavy atom. The zero-order valence-electron chi connectivity index (χ0n) is 9.41. The maximum absolute atomic E-state index is 11.1. The van der Waals surface area contributed by atoms with Gasteiger partial charge in [0.1, 0.15) is 7.11 Å². The molecule has 0 atom stereocenters. The smallest absolute Gasteiger partial charge is 0.213 e. The van der Waals surface area contributed by atoms with Gasteiger partial charge in [-0.25, -0.2) is 0 Å². The number of rotatable bonds is 3. The van der Waals surface area contributed by atoms with Crippen molar-refractivity contribution in [1.29, 1.82) is 0 Å². The molecule has 86 valence electrons. The summed E-state index contributed by atoms with van der Waals surface area (Å²) in [7, 11) is 1.33. The van der Waals surface area contributed by atoms with Crippen molar-refractivity contribution in [3.63, 3.8) is 0 Å². The first kappa shape index (κ1) is 11.1. The van der Waals surface area contributed by atoms with Gasteiger partial charge in [-0.15, -0.1) is 0 Å². The van der Waals surface area contributed by atoms with Gasteiger partial charge in [0.05, 0.1) is 0 Å². The van der Waals surface area contributed by atoms with E-state index in [1.165, 1.54) is 13.3 Å². The van der Waals surface area contributed by atoms with Crippen molar-refractivity contribution in [2.75, 3.05) is 7.11 Å². The van der Waals surface area contributed by atoms with E-state index in [0.29, 0.717) is 4.86 Å². The molecule has 0 spiro atoms. The molecular formula is C13H12N2O2. The fourth-order valence-corrected chi connectivity index (χ4v) is 1.65. The van der Waals surface area contributed by atoms with Crippen LogP contribution < -0.4 is 0 Å². The van der Waals surface area contributed by atoms with Crippen LogP contribution in [-0.4, -0.2) is 12.0 Å². The Morgan fingerprint density at radius 1 is 1.18 bits per heavy atom. The van der Waals surface area contributed by atoms with Crippen molar-refractivity contribution < 1.29 is 9.70 Å². The summed E-state index contributed by atoms with van der Waals surface area (Å²) in [5, 5.41) is 16.5. The van der Waals surface area contributed by atoms with Crippen molar-refractivity contribution in [2.24, 2.45) is 5.28 Å². The quantitative estimate of drug-likeness (QED) is 0.459. The predicted molar refractivity (Wildman–Crippen MR) is 66.0 cm³/mol. The molecule has 0 bridgehead atoms. The summed E-state index contributed by atoms with van der Waals surface area (Å²) < 4.78 is 0. The second-order valence-corrected chi connectivity index (χ2v) is 3.45. The molecule has 0 aliphatic heterocycles. The van der Waals surface area contributed by atoms with Crippen molar-refractivity contribution in [3.8, 4) is 0 Å². The molecule has 0 aliphatic rings. The van der Waals surface area contributed by atoms with Gasteiger partial charge in [0.15, 0.2) is 0 Å². The lowest BCUT2D eigenvalue weighted by Crippen LogP contribution is -1.88. The second kappa shape index (κ2) is 5.12. The summed E-state index contributed by atoms with van der Waals surface area (Å²) in [4.78, 5) is 4.74. The molecule has 0 N–H and O–H groups in total. The molecule has 0 fully saturated rings. The predicted octanol–water partition coefficient (Wildman–Crippen LogP) is 3.33. The molecule has 0 radical (unpaired) electrons. The zero-order valence-corrected chi connectivity index (χ0v) is 9.41. The van der Waals surface area contributed by atoms with Gasteiger partial charge in [0, 0.05) is 6.08 Å². The average Bonchev–Trinajstić information content (AvgIpc) is 2.36. The third kappa shape index (κ3) is 2.60. The Bertz CT molecular complexity index is 571. The van der Waals surface area contributed by atoms with Gasteiger partial charge in [-0.05, 0) is 21.2 Å². The Labute approximate surface area is 99.0 Å². The Balaban J connectivity index is 2.39. The van der Waals surface area contributed by atoms with Gasteiger partial charge in [-0.1, -0.05) is 42.5 Å². The third-order valence-corrected chi connectivity index (χ3v) is 2.37. The van der Waals surface area contributed by atoms with Crippen molar-refractivity contribution in [3.05, 3.63) is 59.4 Å². The Kier molecular flexibility index (Phi) is 3.35. The van der Waals surface area contributed by atoms with E-state index in [-0.39, 0.29) is 0 Å². The largest absolute Gasteiger partial charge is 0.592 e. The van der Waals surface area contributed by atoms with E-state index >= 15 is 0 Å². The van der Waals surface area contributed by atoms with Crippen LogP contribution in [-0.2, 0) is 4.84 Å². The minimum atomic E-state index is 0.377. The van der Waals surface area contributed by atoms with E-state index in [1.54, 1.807) is 6.08 Å². The minimum absolute atomic E-state index is 0.377. The first-order valence-corrected chi connectivity index (χ1v) is 5.17. The van der Waals surface area contributed by atoms with Gasteiger partial charge in [0.25, 0.3) is 0 Å². The van der Waals surface area contributed by atoms with E-state index in [2.05, 4.69) is 10.1 Å². The average molecular weight is 228 g/mol. The SMILES string of the molecule is CO/N=[N+]([O-])/C=C/c1cccc2ccccc12. The number of hydrogen-bond donors (Lipinski definition) is 0. The molecule has 0 aliphatic carbocycles. The highest BCUT2D eigenvalue weighted by Gasteiger charge is 1.97. The summed E-state index contributed by atoms with van der Waals surface area (Å²) >= 11 is 0. The maximum Gasteiger partial charge on any atom is 0.213 e. The first-order chi connectivity index (χ1) is 8.31. The number of hydrogen-bond acceptors (Lipinski definition) is 3. The van der Waals surface area contributed by atoms with Crippen molar-refractivity contribution >= 4 is 16.8 Å². The fourth-order valence-electron chi connectivity index (χ4n) is 1.65. The molecule has 0 saturated carbocycles. The molecule has 2 rings (SSSR count). The van der Waals surface area contributed by atoms with Gasteiger partial charge in [-0.3, -0.25) is 0 Å². The van der Waals surface area contributed by atoms with Gasteiger partial charge < -0.3 is 10.0 Å². The molecule has 0 saturated heterocycles. The topological polar surface area (TPSA) is 47.7 Å². The molecule has 0 unspecified atom stereocenters. The molecular weight excluding hydrogens is 216 g/mol. The van der Waals surface area contributed by atoms with Crippen LogP contribution in [0.5, 0.6) is 0 Å². The molecule has 0 amide bonds. The Hall–Kier alpha value is -2.36. The standard InChI is InChI=1S/C13H12N2O2/c1-17-14-15(16)10-9-12-7-4-6-11-5-2-3-8-13(11)12/h2-10H,1H3/b10-9+,15-14-. The van der Waals surface area contributed by atoms with Crippen LogP contribution in [0.4, 0.5) is 0 Å². The maximum atomic E-state index is 11.1. The van der Waals surface area contributed by atoms with Crippen LogP contribution in [0, 0.1) is 5.21 Å². The molecule has 4 nitrogen and oxygen atoms in total. The first-order valence-electron chi connectivity index (χ1n) is 5.17. The monoisotopic (exact) mass is 228 g/mol. The van der Waals surface area contributed by atoms with E-state index < -0.39 is 0 Å². The number of nitrogens with zero attached hydrogens (tertiary/aromatic N) is 2. The van der Waals surface area contributed by atoms with E-state index in [1.807, 2.05) is 42.5 Å². The highest BCUT2D eigenvalue weighted by Crippen LogP contribution is 2.19. The van der Waals surface area contributed by atoms with Crippen LogP contribution in [0.25, 0.3) is 16.8 Å². The summed E-state index contributed by atoms with van der Waals surface area (Å²) in [5.41, 5.74) is 0.968. The van der Waals surface area contributed by atoms with Crippen LogP contribution in [0.15, 0.2) is 53.9 Å². The lowest BCUT2D eigenvalue weighted by molar-refractivity contribution is -0.490. The zero-order chi connectivity index (χ0) is 12.1. The van der Waals surface area contributed by atoms with Crippen LogP contribution >= 0.6 is 0 Å². The van der Waals surface area contributed by atoms with Crippen LogP contribution in [0.1, 0.15) is 5.56 Å². The van der Waals surface area contributed by atoms with Crippen LogP contribution in [0.3, 0.4) is 0 Å². The third-order valence-electron chi connectivity index (χ3n) is 2.37. The molecule has 2 aromatic rings. The molecule has 17 heavy (non-hydrogen) atoms. The lowest BCUT2D eigenvalue weighted by Gasteiger charge is -2.00. The highest BCUT2D eigenvalue weighted by molar-refractivity contribution is 5.90. The van der Waals surface area contributed by atoms with E-state index in [4.69, 9.17) is 0 Å². The Morgan fingerprint density at radius 3 is 2.76 bits per heavy atom. The summed E-state index contributed by atoms with van der Waals surface area (Å²) in [6, 6.07) is 13.9. The molecule has 0 aromatic heterocycles. The van der Waals surface area contributed by atoms with Gasteiger partial charge >= 0.3 is 0 Å². The van der Waals surface area contributed by atoms with E-state index in [9.17, 15) is 5.21 Å². The van der Waals surface area contributed by atoms with Crippen molar-refractivity contribution in [2.45, 2.75) is 0 Å². The number of benzene rings is 2. The highest BCUT2D eigenvalue weighted by atomic mass is 16.7. The minimum Gasteiger partial charge on any atom is -0.592 e. The van der Waals surface area contributed by atoms with Gasteiger partial charge in [-0.2, -0.15) is 0 Å². The van der Waals surface area contributed by atoms with E-state index in [0.717, 1.165) is 16.3 Å².